The maximum absolute atomic E-state index is 5.83. The van der Waals surface area contributed by atoms with Crippen LogP contribution in [0, 0.1) is 0 Å². The average molecular weight is 292 g/mol. The van der Waals surface area contributed by atoms with Crippen LogP contribution in [0.2, 0.25) is 0 Å². The van der Waals surface area contributed by atoms with Gasteiger partial charge in [-0.15, -0.1) is 0 Å². The molecule has 0 radical (unpaired) electrons. The Labute approximate surface area is 128 Å². The van der Waals surface area contributed by atoms with E-state index in [0.29, 0.717) is 0 Å². The second-order valence-electron chi connectivity index (χ2n) is 5.86. The van der Waals surface area contributed by atoms with Crippen molar-refractivity contribution in [2.45, 2.75) is 59.2 Å². The summed E-state index contributed by atoms with van der Waals surface area (Å²) in [5, 5.41) is 3.44. The van der Waals surface area contributed by atoms with Crippen LogP contribution in [0.1, 0.15) is 46.1 Å². The average Bonchev–Trinajstić information content (AvgIpc) is 2.45. The minimum absolute atomic E-state index is 0.241. The Hall–Kier alpha value is -1.36. The van der Waals surface area contributed by atoms with E-state index >= 15 is 0 Å². The van der Waals surface area contributed by atoms with Crippen molar-refractivity contribution in [2.75, 3.05) is 29.9 Å². The van der Waals surface area contributed by atoms with Crippen molar-refractivity contribution >= 4 is 11.6 Å². The molecule has 2 atom stereocenters. The highest BCUT2D eigenvalue weighted by atomic mass is 16.5. The Bertz CT molecular complexity index is 442. The first-order valence-electron chi connectivity index (χ1n) is 8.13. The highest BCUT2D eigenvalue weighted by Gasteiger charge is 2.25. The zero-order chi connectivity index (χ0) is 15.2. The third kappa shape index (κ3) is 4.06. The van der Waals surface area contributed by atoms with Gasteiger partial charge in [-0.1, -0.05) is 20.3 Å². The predicted molar refractivity (Wildman–Crippen MR) is 87.0 cm³/mol. The van der Waals surface area contributed by atoms with Gasteiger partial charge in [0.15, 0.2) is 0 Å². The molecule has 0 bridgehead atoms. The van der Waals surface area contributed by atoms with Gasteiger partial charge < -0.3 is 15.0 Å². The second kappa shape index (κ2) is 7.59. The van der Waals surface area contributed by atoms with Gasteiger partial charge in [0.2, 0.25) is 0 Å². The first-order valence-corrected chi connectivity index (χ1v) is 8.13. The van der Waals surface area contributed by atoms with Crippen molar-refractivity contribution in [3.63, 3.8) is 0 Å². The van der Waals surface area contributed by atoms with Crippen molar-refractivity contribution in [1.82, 2.24) is 9.97 Å². The van der Waals surface area contributed by atoms with Crippen LogP contribution in [-0.4, -0.2) is 41.8 Å². The van der Waals surface area contributed by atoms with Crippen molar-refractivity contribution in [2.24, 2.45) is 0 Å². The Morgan fingerprint density at radius 1 is 1.19 bits per heavy atom. The van der Waals surface area contributed by atoms with Gasteiger partial charge in [0, 0.05) is 25.2 Å². The Kier molecular flexibility index (Phi) is 5.79. The van der Waals surface area contributed by atoms with E-state index in [1.54, 1.807) is 6.33 Å². The van der Waals surface area contributed by atoms with Gasteiger partial charge in [-0.3, -0.25) is 0 Å². The van der Waals surface area contributed by atoms with E-state index in [0.717, 1.165) is 50.5 Å². The Morgan fingerprint density at radius 2 is 1.90 bits per heavy atom. The Morgan fingerprint density at radius 3 is 2.52 bits per heavy atom. The molecule has 1 aliphatic rings. The zero-order valence-corrected chi connectivity index (χ0v) is 13.7. The lowest BCUT2D eigenvalue weighted by Gasteiger charge is -2.37. The summed E-state index contributed by atoms with van der Waals surface area (Å²) in [6.45, 7) is 11.4. The van der Waals surface area contributed by atoms with Crippen LogP contribution in [0.4, 0.5) is 11.6 Å². The van der Waals surface area contributed by atoms with E-state index in [1.165, 1.54) is 5.56 Å². The van der Waals surface area contributed by atoms with Gasteiger partial charge in [0.1, 0.15) is 18.0 Å². The molecule has 118 valence electrons. The van der Waals surface area contributed by atoms with Crippen LogP contribution >= 0.6 is 0 Å². The second-order valence-corrected chi connectivity index (χ2v) is 5.86. The first kappa shape index (κ1) is 16.0. The molecule has 1 aromatic heterocycles. The van der Waals surface area contributed by atoms with E-state index in [4.69, 9.17) is 4.74 Å². The molecule has 1 saturated heterocycles. The molecule has 21 heavy (non-hydrogen) atoms. The lowest BCUT2D eigenvalue weighted by molar-refractivity contribution is -0.00551. The summed E-state index contributed by atoms with van der Waals surface area (Å²) < 4.78 is 5.83. The molecule has 0 aromatic carbocycles. The van der Waals surface area contributed by atoms with Gasteiger partial charge in [-0.2, -0.15) is 0 Å². The number of hydrogen-bond donors (Lipinski definition) is 1. The van der Waals surface area contributed by atoms with Crippen LogP contribution in [0.25, 0.3) is 0 Å². The fourth-order valence-electron chi connectivity index (χ4n) is 2.90. The van der Waals surface area contributed by atoms with Crippen LogP contribution in [0.3, 0.4) is 0 Å². The Balaban J connectivity index is 2.28. The van der Waals surface area contributed by atoms with E-state index < -0.39 is 0 Å². The van der Waals surface area contributed by atoms with Crippen molar-refractivity contribution < 1.29 is 4.74 Å². The first-order chi connectivity index (χ1) is 10.2. The molecule has 0 amide bonds. The largest absolute Gasteiger partial charge is 0.372 e. The maximum Gasteiger partial charge on any atom is 0.137 e. The molecule has 1 aromatic rings. The highest BCUT2D eigenvalue weighted by Crippen LogP contribution is 2.27. The molecule has 0 saturated carbocycles. The number of hydrogen-bond acceptors (Lipinski definition) is 5. The number of nitrogens with zero attached hydrogens (tertiary/aromatic N) is 3. The van der Waals surface area contributed by atoms with Gasteiger partial charge in [0.05, 0.1) is 12.2 Å². The minimum atomic E-state index is 0.241. The predicted octanol–water partition coefficient (Wildman–Crippen LogP) is 2.86. The molecule has 1 fully saturated rings. The normalized spacial score (nSPS) is 22.4. The molecule has 1 N–H and O–H groups in total. The van der Waals surface area contributed by atoms with E-state index in [-0.39, 0.29) is 12.2 Å². The molecule has 0 spiro atoms. The lowest BCUT2D eigenvalue weighted by atomic mass is 10.1. The monoisotopic (exact) mass is 292 g/mol. The van der Waals surface area contributed by atoms with Crippen LogP contribution in [0.5, 0.6) is 0 Å². The van der Waals surface area contributed by atoms with E-state index in [2.05, 4.69) is 47.9 Å². The zero-order valence-electron chi connectivity index (χ0n) is 13.7. The van der Waals surface area contributed by atoms with Crippen molar-refractivity contribution in [3.8, 4) is 0 Å². The summed E-state index contributed by atoms with van der Waals surface area (Å²) in [6.07, 6.45) is 5.35. The van der Waals surface area contributed by atoms with Crippen molar-refractivity contribution in [3.05, 3.63) is 11.9 Å². The molecule has 5 nitrogen and oxygen atoms in total. The maximum atomic E-state index is 5.83. The van der Waals surface area contributed by atoms with Gasteiger partial charge in [-0.05, 0) is 26.7 Å². The standard InChI is InChI=1S/C16H28N4O/c1-5-7-14-15(17-8-6-2)18-11-19-16(14)20-9-12(3)21-13(4)10-20/h11-13H,5-10H2,1-4H3,(H,17,18,19)/t12-,13+. The summed E-state index contributed by atoms with van der Waals surface area (Å²) in [5.41, 5.74) is 1.25. The quantitative estimate of drug-likeness (QED) is 0.873. The number of ether oxygens (including phenoxy) is 1. The third-order valence-electron chi connectivity index (χ3n) is 3.68. The minimum Gasteiger partial charge on any atom is -0.372 e. The van der Waals surface area contributed by atoms with Crippen LogP contribution in [-0.2, 0) is 11.2 Å². The molecular formula is C16H28N4O. The lowest BCUT2D eigenvalue weighted by Crippen LogP contribution is -2.46. The number of nitrogens with one attached hydrogen (secondary N) is 1. The third-order valence-corrected chi connectivity index (χ3v) is 3.68. The summed E-state index contributed by atoms with van der Waals surface area (Å²) in [7, 11) is 0. The highest BCUT2D eigenvalue weighted by molar-refractivity contribution is 5.59. The van der Waals surface area contributed by atoms with Gasteiger partial charge in [0.25, 0.3) is 0 Å². The number of anilines is 2. The molecule has 2 rings (SSSR count). The van der Waals surface area contributed by atoms with Gasteiger partial charge >= 0.3 is 0 Å². The molecule has 5 heteroatoms. The number of morpholine rings is 1. The summed E-state index contributed by atoms with van der Waals surface area (Å²) >= 11 is 0. The van der Waals surface area contributed by atoms with Crippen molar-refractivity contribution in [1.29, 1.82) is 0 Å². The number of aromatic nitrogens is 2. The summed E-state index contributed by atoms with van der Waals surface area (Å²) in [4.78, 5) is 11.4. The summed E-state index contributed by atoms with van der Waals surface area (Å²) in [6, 6.07) is 0. The van der Waals surface area contributed by atoms with E-state index in [9.17, 15) is 0 Å². The fourth-order valence-corrected chi connectivity index (χ4v) is 2.90. The van der Waals surface area contributed by atoms with E-state index in [1.807, 2.05) is 0 Å². The SMILES string of the molecule is CCCNc1ncnc(N2C[C@@H](C)O[C@@H](C)C2)c1CCC. The molecule has 1 aliphatic heterocycles. The molecule has 2 heterocycles. The summed E-state index contributed by atoms with van der Waals surface area (Å²) in [5.74, 6) is 2.07. The number of rotatable bonds is 6. The molecule has 0 unspecified atom stereocenters. The topological polar surface area (TPSA) is 50.3 Å². The smallest absolute Gasteiger partial charge is 0.137 e. The molecular weight excluding hydrogens is 264 g/mol. The fraction of sp³-hybridized carbons (Fsp3) is 0.750. The van der Waals surface area contributed by atoms with Crippen LogP contribution < -0.4 is 10.2 Å². The molecule has 0 aliphatic carbocycles. The van der Waals surface area contributed by atoms with Gasteiger partial charge in [-0.25, -0.2) is 9.97 Å². The van der Waals surface area contributed by atoms with Crippen LogP contribution in [0.15, 0.2) is 6.33 Å².